The molecule has 2 aromatic rings. The molecular weight excluding hydrogens is 262 g/mol. The molecule has 1 N–H and O–H groups in total. The van der Waals surface area contributed by atoms with Gasteiger partial charge in [-0.2, -0.15) is 5.10 Å². The Bertz CT molecular complexity index is 566. The van der Waals surface area contributed by atoms with Crippen molar-refractivity contribution in [3.63, 3.8) is 0 Å². The topological polar surface area (TPSA) is 53.4 Å². The fourth-order valence-corrected chi connectivity index (χ4v) is 1.57. The van der Waals surface area contributed by atoms with Gasteiger partial charge in [0.1, 0.15) is 0 Å². The Labute approximate surface area is 117 Å². The van der Waals surface area contributed by atoms with Crippen LogP contribution in [0.4, 0.5) is 11.5 Å². The predicted molar refractivity (Wildman–Crippen MR) is 79.0 cm³/mol. The van der Waals surface area contributed by atoms with E-state index in [1.165, 1.54) is 6.20 Å². The van der Waals surface area contributed by atoms with Crippen LogP contribution in [-0.2, 0) is 0 Å². The van der Waals surface area contributed by atoms with Crippen LogP contribution in [-0.4, -0.2) is 30.3 Å². The standard InChI is InChI=1S/C13H14ClN5/c1-19(2)11-5-3-10(4-6-11)9-17-18-13-12(14)15-7-8-16-13/h3-9H,1-2H3,(H,16,18)/b17-9+. The average Bonchev–Trinajstić information content (AvgIpc) is 2.41. The fourth-order valence-electron chi connectivity index (χ4n) is 1.42. The summed E-state index contributed by atoms with van der Waals surface area (Å²) < 4.78 is 0. The highest BCUT2D eigenvalue weighted by Crippen LogP contribution is 2.14. The van der Waals surface area contributed by atoms with Crippen molar-refractivity contribution in [2.24, 2.45) is 5.10 Å². The summed E-state index contributed by atoms with van der Waals surface area (Å²) in [6.07, 6.45) is 4.78. The second kappa shape index (κ2) is 6.15. The van der Waals surface area contributed by atoms with Crippen molar-refractivity contribution >= 4 is 29.3 Å². The third-order valence-corrected chi connectivity index (χ3v) is 2.72. The molecular formula is C13H14ClN5. The number of hydrazone groups is 1. The number of nitrogens with zero attached hydrogens (tertiary/aromatic N) is 4. The molecule has 0 radical (unpaired) electrons. The molecule has 0 fully saturated rings. The second-order valence-corrected chi connectivity index (χ2v) is 4.41. The van der Waals surface area contributed by atoms with Crippen molar-refractivity contribution in [3.8, 4) is 0 Å². The summed E-state index contributed by atoms with van der Waals surface area (Å²) in [6, 6.07) is 8.02. The van der Waals surface area contributed by atoms with Gasteiger partial charge < -0.3 is 4.90 Å². The molecule has 0 saturated heterocycles. The lowest BCUT2D eigenvalue weighted by Gasteiger charge is -2.11. The van der Waals surface area contributed by atoms with Crippen molar-refractivity contribution in [2.75, 3.05) is 24.4 Å². The van der Waals surface area contributed by atoms with Crippen LogP contribution in [0.15, 0.2) is 41.8 Å². The molecule has 0 spiro atoms. The zero-order valence-electron chi connectivity index (χ0n) is 10.7. The zero-order chi connectivity index (χ0) is 13.7. The van der Waals surface area contributed by atoms with Crippen LogP contribution in [0, 0.1) is 0 Å². The zero-order valence-corrected chi connectivity index (χ0v) is 11.5. The van der Waals surface area contributed by atoms with Gasteiger partial charge in [-0.3, -0.25) is 5.43 Å². The molecule has 0 bridgehead atoms. The van der Waals surface area contributed by atoms with Gasteiger partial charge in [0.2, 0.25) is 0 Å². The SMILES string of the molecule is CN(C)c1ccc(/C=N/Nc2nccnc2Cl)cc1. The molecule has 19 heavy (non-hydrogen) atoms. The highest BCUT2D eigenvalue weighted by Gasteiger charge is 1.98. The van der Waals surface area contributed by atoms with E-state index in [9.17, 15) is 0 Å². The summed E-state index contributed by atoms with van der Waals surface area (Å²) in [4.78, 5) is 9.96. The number of benzene rings is 1. The highest BCUT2D eigenvalue weighted by molar-refractivity contribution is 6.31. The molecule has 1 aromatic carbocycles. The number of nitrogens with one attached hydrogen (secondary N) is 1. The first-order valence-electron chi connectivity index (χ1n) is 5.70. The van der Waals surface area contributed by atoms with Crippen LogP contribution in [0.2, 0.25) is 5.15 Å². The van der Waals surface area contributed by atoms with E-state index in [1.807, 2.05) is 43.3 Å². The molecule has 6 heteroatoms. The first kappa shape index (κ1) is 13.3. The maximum Gasteiger partial charge on any atom is 0.184 e. The number of anilines is 2. The van der Waals surface area contributed by atoms with Crippen molar-refractivity contribution in [1.29, 1.82) is 0 Å². The maximum atomic E-state index is 5.85. The van der Waals surface area contributed by atoms with E-state index >= 15 is 0 Å². The first-order chi connectivity index (χ1) is 9.16. The van der Waals surface area contributed by atoms with Crippen LogP contribution in [0.25, 0.3) is 0 Å². The molecule has 5 nitrogen and oxygen atoms in total. The number of rotatable bonds is 4. The minimum Gasteiger partial charge on any atom is -0.378 e. The predicted octanol–water partition coefficient (Wildman–Crippen LogP) is 2.64. The molecule has 0 aliphatic heterocycles. The Hall–Kier alpha value is -2.14. The van der Waals surface area contributed by atoms with Gasteiger partial charge in [-0.1, -0.05) is 23.7 Å². The second-order valence-electron chi connectivity index (χ2n) is 4.05. The van der Waals surface area contributed by atoms with E-state index in [1.54, 1.807) is 12.4 Å². The summed E-state index contributed by atoms with van der Waals surface area (Å²) in [6.45, 7) is 0. The summed E-state index contributed by atoms with van der Waals surface area (Å²) in [7, 11) is 4.00. The molecule has 0 saturated carbocycles. The van der Waals surface area contributed by atoms with E-state index in [0.29, 0.717) is 11.0 Å². The summed E-state index contributed by atoms with van der Waals surface area (Å²) in [5, 5.41) is 4.37. The minimum atomic E-state index is 0.294. The largest absolute Gasteiger partial charge is 0.378 e. The summed E-state index contributed by atoms with van der Waals surface area (Å²) in [5.74, 6) is 0.435. The molecule has 98 valence electrons. The monoisotopic (exact) mass is 275 g/mol. The van der Waals surface area contributed by atoms with Crippen LogP contribution in [0.1, 0.15) is 5.56 Å². The minimum absolute atomic E-state index is 0.294. The summed E-state index contributed by atoms with van der Waals surface area (Å²) in [5.41, 5.74) is 4.88. The van der Waals surface area contributed by atoms with Crippen molar-refractivity contribution in [1.82, 2.24) is 9.97 Å². The van der Waals surface area contributed by atoms with E-state index in [-0.39, 0.29) is 0 Å². The van der Waals surface area contributed by atoms with Gasteiger partial charge in [0.25, 0.3) is 0 Å². The molecule has 0 aliphatic carbocycles. The molecule has 0 amide bonds. The third-order valence-electron chi connectivity index (χ3n) is 2.45. The van der Waals surface area contributed by atoms with Crippen molar-refractivity contribution in [3.05, 3.63) is 47.4 Å². The van der Waals surface area contributed by atoms with Crippen LogP contribution in [0.5, 0.6) is 0 Å². The maximum absolute atomic E-state index is 5.85. The van der Waals surface area contributed by atoms with Crippen molar-refractivity contribution in [2.45, 2.75) is 0 Å². The molecule has 0 unspecified atom stereocenters. The number of hydrogen-bond donors (Lipinski definition) is 1. The molecule has 1 heterocycles. The number of aromatic nitrogens is 2. The van der Waals surface area contributed by atoms with Gasteiger partial charge >= 0.3 is 0 Å². The lowest BCUT2D eigenvalue weighted by Crippen LogP contribution is -2.08. The van der Waals surface area contributed by atoms with Crippen LogP contribution < -0.4 is 10.3 Å². The first-order valence-corrected chi connectivity index (χ1v) is 6.07. The van der Waals surface area contributed by atoms with E-state index in [0.717, 1.165) is 11.3 Å². The van der Waals surface area contributed by atoms with Gasteiger partial charge in [0, 0.05) is 32.2 Å². The normalized spacial score (nSPS) is 10.7. The third kappa shape index (κ3) is 3.66. The van der Waals surface area contributed by atoms with Gasteiger partial charge in [-0.25, -0.2) is 9.97 Å². The fraction of sp³-hybridized carbons (Fsp3) is 0.154. The van der Waals surface area contributed by atoms with Gasteiger partial charge in [0.15, 0.2) is 11.0 Å². The molecule has 2 rings (SSSR count). The number of hydrogen-bond acceptors (Lipinski definition) is 5. The lowest BCUT2D eigenvalue weighted by atomic mass is 10.2. The Kier molecular flexibility index (Phi) is 4.30. The van der Waals surface area contributed by atoms with E-state index in [4.69, 9.17) is 11.6 Å². The average molecular weight is 276 g/mol. The molecule has 0 aliphatic rings. The Morgan fingerprint density at radius 1 is 1.16 bits per heavy atom. The van der Waals surface area contributed by atoms with Crippen molar-refractivity contribution < 1.29 is 0 Å². The van der Waals surface area contributed by atoms with E-state index < -0.39 is 0 Å². The van der Waals surface area contributed by atoms with Gasteiger partial charge in [-0.15, -0.1) is 0 Å². The Morgan fingerprint density at radius 2 is 1.84 bits per heavy atom. The quantitative estimate of drug-likeness (QED) is 0.688. The Morgan fingerprint density at radius 3 is 2.47 bits per heavy atom. The number of halogens is 1. The molecule has 1 aromatic heterocycles. The Balaban J connectivity index is 2.01. The van der Waals surface area contributed by atoms with Crippen LogP contribution in [0.3, 0.4) is 0 Å². The highest BCUT2D eigenvalue weighted by atomic mass is 35.5. The lowest BCUT2D eigenvalue weighted by molar-refractivity contribution is 1.13. The van der Waals surface area contributed by atoms with Gasteiger partial charge in [-0.05, 0) is 17.7 Å². The van der Waals surface area contributed by atoms with Gasteiger partial charge in [0.05, 0.1) is 6.21 Å². The smallest absolute Gasteiger partial charge is 0.184 e. The van der Waals surface area contributed by atoms with Crippen LogP contribution >= 0.6 is 11.6 Å². The molecule has 0 atom stereocenters. The van der Waals surface area contributed by atoms with E-state index in [2.05, 4.69) is 20.5 Å². The summed E-state index contributed by atoms with van der Waals surface area (Å²) >= 11 is 5.85.